The Labute approximate surface area is 145 Å². The van der Waals surface area contributed by atoms with Crippen LogP contribution >= 0.6 is 0 Å². The molecule has 0 amide bonds. The molecule has 0 fully saturated rings. The fraction of sp³-hybridized carbons (Fsp3) is 1.00. The fourth-order valence-corrected chi connectivity index (χ4v) is 3.67. The minimum atomic E-state index is 0. The molecular weight excluding hydrogens is 296 g/mol. The van der Waals surface area contributed by atoms with Gasteiger partial charge >= 0.3 is 0 Å². The second-order valence-corrected chi connectivity index (χ2v) is 8.92. The van der Waals surface area contributed by atoms with E-state index in [0.29, 0.717) is 10.9 Å². The van der Waals surface area contributed by atoms with Crippen LogP contribution in [0.1, 0.15) is 104 Å². The highest BCUT2D eigenvalue weighted by Crippen LogP contribution is 2.13. The normalized spacial score (nSPS) is 12.1. The quantitative estimate of drug-likeness (QED) is 0.297. The standard InChI is InChI=1S/C19H41S.ClH/c1-4-6-7-8-9-10-11-12-13-14-15-16-17-18-19-20(3)5-2;/h4-19H2,1-3H3;1H/q+1;/p-1. The first-order valence-electron chi connectivity index (χ1n) is 9.40. The maximum atomic E-state index is 2.42. The Morgan fingerprint density at radius 3 is 1.19 bits per heavy atom. The molecule has 0 aliphatic heterocycles. The monoisotopic (exact) mass is 336 g/mol. The van der Waals surface area contributed by atoms with Gasteiger partial charge in [0.15, 0.2) is 0 Å². The van der Waals surface area contributed by atoms with Crippen LogP contribution in [0.25, 0.3) is 0 Å². The van der Waals surface area contributed by atoms with Crippen LogP contribution in [0.4, 0.5) is 0 Å². The first-order valence-corrected chi connectivity index (χ1v) is 11.4. The summed E-state index contributed by atoms with van der Waals surface area (Å²) >= 11 is 0. The summed E-state index contributed by atoms with van der Waals surface area (Å²) in [6, 6.07) is 0. The van der Waals surface area contributed by atoms with Crippen LogP contribution in [0, 0.1) is 0 Å². The van der Waals surface area contributed by atoms with Gasteiger partial charge in [-0.05, 0) is 30.7 Å². The highest BCUT2D eigenvalue weighted by molar-refractivity contribution is 7.96. The Morgan fingerprint density at radius 1 is 0.524 bits per heavy atom. The van der Waals surface area contributed by atoms with E-state index in [2.05, 4.69) is 20.1 Å². The lowest BCUT2D eigenvalue weighted by Gasteiger charge is -2.03. The summed E-state index contributed by atoms with van der Waals surface area (Å²) in [6.45, 7) is 4.62. The summed E-state index contributed by atoms with van der Waals surface area (Å²) < 4.78 is 0. The van der Waals surface area contributed by atoms with Gasteiger partial charge < -0.3 is 12.4 Å². The molecule has 0 N–H and O–H groups in total. The van der Waals surface area contributed by atoms with E-state index in [1.54, 1.807) is 0 Å². The minimum Gasteiger partial charge on any atom is -1.00 e. The molecule has 0 aromatic heterocycles. The average Bonchev–Trinajstić information content (AvgIpc) is 2.47. The molecule has 0 nitrogen and oxygen atoms in total. The summed E-state index contributed by atoms with van der Waals surface area (Å²) in [5.41, 5.74) is 0. The molecule has 21 heavy (non-hydrogen) atoms. The van der Waals surface area contributed by atoms with Crippen molar-refractivity contribution in [2.75, 3.05) is 17.8 Å². The lowest BCUT2D eigenvalue weighted by atomic mass is 10.0. The zero-order valence-electron chi connectivity index (χ0n) is 15.1. The van der Waals surface area contributed by atoms with E-state index in [9.17, 15) is 0 Å². The van der Waals surface area contributed by atoms with Gasteiger partial charge in [0, 0.05) is 0 Å². The van der Waals surface area contributed by atoms with Crippen molar-refractivity contribution >= 4 is 10.9 Å². The van der Waals surface area contributed by atoms with E-state index >= 15 is 0 Å². The second kappa shape index (κ2) is 20.6. The predicted molar refractivity (Wildman–Crippen MR) is 99.0 cm³/mol. The third kappa shape index (κ3) is 20.6. The van der Waals surface area contributed by atoms with Crippen LogP contribution < -0.4 is 12.4 Å². The molecule has 1 atom stereocenters. The van der Waals surface area contributed by atoms with Gasteiger partial charge in [-0.15, -0.1) is 0 Å². The van der Waals surface area contributed by atoms with Crippen LogP contribution in [0.15, 0.2) is 0 Å². The molecule has 0 heterocycles. The molecular formula is C19H41ClS. The molecule has 0 aromatic carbocycles. The first-order chi connectivity index (χ1) is 9.81. The molecule has 1 unspecified atom stereocenters. The number of hydrogen-bond acceptors (Lipinski definition) is 0. The number of hydrogen-bond donors (Lipinski definition) is 0. The topological polar surface area (TPSA) is 0 Å². The Kier molecular flexibility index (Phi) is 23.5. The van der Waals surface area contributed by atoms with Gasteiger partial charge in [0.1, 0.15) is 11.5 Å². The molecule has 0 aliphatic rings. The molecule has 0 radical (unpaired) electrons. The van der Waals surface area contributed by atoms with Crippen molar-refractivity contribution in [3.05, 3.63) is 0 Å². The van der Waals surface area contributed by atoms with Gasteiger partial charge in [-0.2, -0.15) is 0 Å². The van der Waals surface area contributed by atoms with Crippen LogP contribution in [0.3, 0.4) is 0 Å². The van der Waals surface area contributed by atoms with E-state index in [0.717, 1.165) is 0 Å². The molecule has 0 aliphatic carbocycles. The fourth-order valence-electron chi connectivity index (χ4n) is 2.69. The Morgan fingerprint density at radius 2 is 0.857 bits per heavy atom. The van der Waals surface area contributed by atoms with Crippen molar-refractivity contribution in [1.82, 2.24) is 0 Å². The average molecular weight is 337 g/mol. The molecule has 0 aromatic rings. The third-order valence-electron chi connectivity index (χ3n) is 4.34. The molecule has 130 valence electrons. The van der Waals surface area contributed by atoms with Crippen LogP contribution in [0.2, 0.25) is 0 Å². The molecule has 0 spiro atoms. The summed E-state index contributed by atoms with van der Waals surface area (Å²) in [7, 11) is 0.707. The molecule has 0 saturated carbocycles. The minimum absolute atomic E-state index is 0. The lowest BCUT2D eigenvalue weighted by molar-refractivity contribution is -0.00000458. The third-order valence-corrected chi connectivity index (χ3v) is 6.31. The zero-order valence-corrected chi connectivity index (χ0v) is 16.7. The van der Waals surface area contributed by atoms with Gasteiger partial charge in [-0.1, -0.05) is 84.0 Å². The van der Waals surface area contributed by atoms with Crippen molar-refractivity contribution in [3.63, 3.8) is 0 Å². The van der Waals surface area contributed by atoms with Crippen molar-refractivity contribution in [2.24, 2.45) is 0 Å². The number of halogens is 1. The van der Waals surface area contributed by atoms with Crippen molar-refractivity contribution in [2.45, 2.75) is 104 Å². The van der Waals surface area contributed by atoms with Crippen molar-refractivity contribution in [1.29, 1.82) is 0 Å². The number of unbranched alkanes of at least 4 members (excludes halogenated alkanes) is 13. The second-order valence-electron chi connectivity index (χ2n) is 6.37. The van der Waals surface area contributed by atoms with Crippen molar-refractivity contribution in [3.8, 4) is 0 Å². The van der Waals surface area contributed by atoms with Gasteiger partial charge in [0.25, 0.3) is 0 Å². The summed E-state index contributed by atoms with van der Waals surface area (Å²) in [5.74, 6) is 2.87. The SMILES string of the molecule is CCCCCCCCCCCCCCCC[S+](C)CC.[Cl-]. The van der Waals surface area contributed by atoms with E-state index in [-0.39, 0.29) is 12.4 Å². The Balaban J connectivity index is 0. The maximum absolute atomic E-state index is 2.42. The predicted octanol–water partition coefficient (Wildman–Crippen LogP) is 3.74. The first kappa shape index (κ1) is 23.9. The van der Waals surface area contributed by atoms with Gasteiger partial charge in [0.05, 0.1) is 6.26 Å². The van der Waals surface area contributed by atoms with Crippen LogP contribution in [-0.4, -0.2) is 17.8 Å². The van der Waals surface area contributed by atoms with E-state index < -0.39 is 0 Å². The van der Waals surface area contributed by atoms with E-state index in [1.807, 2.05) is 0 Å². The Bertz CT molecular complexity index is 173. The van der Waals surface area contributed by atoms with Gasteiger partial charge in [0.2, 0.25) is 0 Å². The Hall–Kier alpha value is 0.640. The van der Waals surface area contributed by atoms with E-state index in [1.165, 1.54) is 101 Å². The van der Waals surface area contributed by atoms with E-state index in [4.69, 9.17) is 0 Å². The van der Waals surface area contributed by atoms with Gasteiger partial charge in [-0.3, -0.25) is 0 Å². The highest BCUT2D eigenvalue weighted by Gasteiger charge is 2.05. The molecule has 2 heteroatoms. The largest absolute Gasteiger partial charge is 1.00 e. The smallest absolute Gasteiger partial charge is 0.107 e. The lowest BCUT2D eigenvalue weighted by Crippen LogP contribution is -3.00. The molecule has 0 saturated heterocycles. The maximum Gasteiger partial charge on any atom is 0.107 e. The molecule has 0 rings (SSSR count). The van der Waals surface area contributed by atoms with Crippen molar-refractivity contribution < 1.29 is 12.4 Å². The van der Waals surface area contributed by atoms with Crippen LogP contribution in [0.5, 0.6) is 0 Å². The summed E-state index contributed by atoms with van der Waals surface area (Å²) in [6.07, 6.45) is 23.0. The van der Waals surface area contributed by atoms with Gasteiger partial charge in [-0.25, -0.2) is 0 Å². The summed E-state index contributed by atoms with van der Waals surface area (Å²) in [5, 5.41) is 0. The van der Waals surface area contributed by atoms with Crippen LogP contribution in [-0.2, 0) is 10.9 Å². The summed E-state index contributed by atoms with van der Waals surface area (Å²) in [4.78, 5) is 0. The highest BCUT2D eigenvalue weighted by atomic mass is 35.5. The number of rotatable bonds is 16. The zero-order chi connectivity index (χ0) is 14.9. The molecule has 0 bridgehead atoms.